The summed E-state index contributed by atoms with van der Waals surface area (Å²) in [6, 6.07) is 19.6. The molecule has 7 nitrogen and oxygen atoms in total. The van der Waals surface area contributed by atoms with E-state index in [9.17, 15) is 13.9 Å². The minimum atomic E-state index is -4.15. The molecular formula is C32H25F4N5O2. The quantitative estimate of drug-likeness (QED) is 0.179. The summed E-state index contributed by atoms with van der Waals surface area (Å²) in [7, 11) is 0. The number of hydrogen-bond acceptors (Lipinski definition) is 6. The number of aryl methyl sites for hydroxylation is 1. The molecule has 0 saturated heterocycles. The molecule has 0 amide bonds. The van der Waals surface area contributed by atoms with Crippen LogP contribution in [0.25, 0.3) is 0 Å². The fraction of sp³-hybridized carbons (Fsp3) is 0.188. The van der Waals surface area contributed by atoms with E-state index >= 15 is 8.78 Å². The van der Waals surface area contributed by atoms with E-state index in [1.807, 2.05) is 48.5 Å². The van der Waals surface area contributed by atoms with E-state index in [0.717, 1.165) is 53.1 Å². The Morgan fingerprint density at radius 2 is 1.58 bits per heavy atom. The Morgan fingerprint density at radius 3 is 2.21 bits per heavy atom. The second-order valence-electron chi connectivity index (χ2n) is 9.73. The maximum absolute atomic E-state index is 15.9. The van der Waals surface area contributed by atoms with Crippen LogP contribution in [-0.2, 0) is 31.1 Å². The van der Waals surface area contributed by atoms with Gasteiger partial charge in [-0.2, -0.15) is 8.78 Å². The first kappa shape index (κ1) is 29.4. The first-order valence-electron chi connectivity index (χ1n) is 13.2. The number of nitrogens with zero attached hydrogens (tertiary/aromatic N) is 5. The summed E-state index contributed by atoms with van der Waals surface area (Å²) in [5, 5.41) is 21.5. The lowest BCUT2D eigenvalue weighted by molar-refractivity contribution is -0.207. The van der Waals surface area contributed by atoms with Gasteiger partial charge in [0, 0.05) is 29.0 Å². The van der Waals surface area contributed by atoms with E-state index in [0.29, 0.717) is 23.8 Å². The zero-order chi connectivity index (χ0) is 30.5. The van der Waals surface area contributed by atoms with Crippen molar-refractivity contribution in [2.45, 2.75) is 38.0 Å². The van der Waals surface area contributed by atoms with Crippen LogP contribution in [0.2, 0.25) is 0 Å². The van der Waals surface area contributed by atoms with E-state index in [1.165, 1.54) is 11.6 Å². The molecule has 1 unspecified atom stereocenters. The van der Waals surface area contributed by atoms with Gasteiger partial charge in [0.15, 0.2) is 5.60 Å². The topological polar surface area (TPSA) is 86.0 Å². The summed E-state index contributed by atoms with van der Waals surface area (Å²) in [6.07, 6.45) is 3.07. The first-order chi connectivity index (χ1) is 20.7. The lowest BCUT2D eigenvalue weighted by atomic mass is 9.84. The largest absolute Gasteiger partial charge is 0.489 e. The van der Waals surface area contributed by atoms with Crippen molar-refractivity contribution in [2.75, 3.05) is 0 Å². The number of rotatable bonds is 9. The van der Waals surface area contributed by atoms with Crippen LogP contribution in [-0.4, -0.2) is 30.3 Å². The molecule has 0 saturated carbocycles. The van der Waals surface area contributed by atoms with Crippen molar-refractivity contribution in [3.05, 3.63) is 137 Å². The van der Waals surface area contributed by atoms with Gasteiger partial charge < -0.3 is 9.84 Å². The Morgan fingerprint density at radius 1 is 0.884 bits per heavy atom. The average Bonchev–Trinajstić information content (AvgIpc) is 3.52. The van der Waals surface area contributed by atoms with Crippen molar-refractivity contribution >= 4 is 0 Å². The molecule has 2 heterocycles. The van der Waals surface area contributed by atoms with Crippen LogP contribution in [0.3, 0.4) is 0 Å². The Balaban J connectivity index is 1.31. The highest BCUT2D eigenvalue weighted by Gasteiger charge is 2.58. The molecule has 218 valence electrons. The van der Waals surface area contributed by atoms with Gasteiger partial charge in [0.25, 0.3) is 0 Å². The Kier molecular flexibility index (Phi) is 8.50. The summed E-state index contributed by atoms with van der Waals surface area (Å²) < 4.78 is 66.6. The third-order valence-electron chi connectivity index (χ3n) is 6.81. The van der Waals surface area contributed by atoms with Crippen LogP contribution >= 0.6 is 0 Å². The van der Waals surface area contributed by atoms with Gasteiger partial charge in [-0.05, 0) is 76.5 Å². The molecule has 43 heavy (non-hydrogen) atoms. The van der Waals surface area contributed by atoms with Crippen LogP contribution in [0.1, 0.15) is 40.4 Å². The smallest absolute Gasteiger partial charge is 0.323 e. The molecule has 1 N–H and O–H groups in total. The van der Waals surface area contributed by atoms with Crippen LogP contribution in [0.15, 0.2) is 91.4 Å². The van der Waals surface area contributed by atoms with Gasteiger partial charge in [0.2, 0.25) is 0 Å². The van der Waals surface area contributed by atoms with Crippen LogP contribution in [0.5, 0.6) is 5.75 Å². The van der Waals surface area contributed by atoms with E-state index in [1.54, 1.807) is 0 Å². The number of ether oxygens (including phenoxy) is 1. The average molecular weight is 588 g/mol. The van der Waals surface area contributed by atoms with Gasteiger partial charge >= 0.3 is 5.92 Å². The summed E-state index contributed by atoms with van der Waals surface area (Å²) in [6.45, 7) is 1.54. The van der Waals surface area contributed by atoms with Crippen molar-refractivity contribution in [3.8, 4) is 17.6 Å². The lowest BCUT2D eigenvalue weighted by Gasteiger charge is -2.35. The Labute approximate surface area is 244 Å². The molecule has 0 bridgehead atoms. The highest BCUT2D eigenvalue weighted by molar-refractivity contribution is 5.43. The van der Waals surface area contributed by atoms with Crippen LogP contribution in [0.4, 0.5) is 17.6 Å². The molecule has 3 aromatic carbocycles. The number of benzene rings is 3. The number of alkyl halides is 2. The maximum atomic E-state index is 15.9. The normalized spacial score (nSPS) is 12.7. The fourth-order valence-corrected chi connectivity index (χ4v) is 4.35. The summed E-state index contributed by atoms with van der Waals surface area (Å²) >= 11 is 0. The lowest BCUT2D eigenvalue weighted by Crippen LogP contribution is -2.48. The van der Waals surface area contributed by atoms with Gasteiger partial charge in [0.1, 0.15) is 36.0 Å². The van der Waals surface area contributed by atoms with Crippen LogP contribution < -0.4 is 4.74 Å². The van der Waals surface area contributed by atoms with Crippen LogP contribution in [0, 0.1) is 23.5 Å². The molecule has 0 aliphatic heterocycles. The SMILES string of the molecule is CCc1ccc(OCc2ccc(C#Cc3ccc(C(F)(F)C(O)(Cn4cnnn4)c4ccc(F)cc4F)nc3)cc2)cc1. The van der Waals surface area contributed by atoms with Gasteiger partial charge in [-0.15, -0.1) is 5.10 Å². The van der Waals surface area contributed by atoms with E-state index in [2.05, 4.69) is 39.3 Å². The Bertz CT molecular complexity index is 1730. The molecule has 1 atom stereocenters. The third kappa shape index (κ3) is 6.55. The molecule has 0 spiro atoms. The van der Waals surface area contributed by atoms with Crippen molar-refractivity contribution in [2.24, 2.45) is 0 Å². The zero-order valence-corrected chi connectivity index (χ0v) is 22.9. The van der Waals surface area contributed by atoms with Crippen molar-refractivity contribution in [1.82, 2.24) is 25.2 Å². The molecule has 0 aliphatic rings. The molecule has 5 rings (SSSR count). The second-order valence-corrected chi connectivity index (χ2v) is 9.73. The third-order valence-corrected chi connectivity index (χ3v) is 6.81. The predicted octanol–water partition coefficient (Wildman–Crippen LogP) is 5.57. The minimum Gasteiger partial charge on any atom is -0.489 e. The van der Waals surface area contributed by atoms with E-state index in [-0.39, 0.29) is 0 Å². The summed E-state index contributed by atoms with van der Waals surface area (Å²) in [5.41, 5.74) is -1.71. The van der Waals surface area contributed by atoms with Crippen molar-refractivity contribution in [3.63, 3.8) is 0 Å². The molecular weight excluding hydrogens is 562 g/mol. The number of halogens is 4. The number of pyridine rings is 1. The molecule has 0 radical (unpaired) electrons. The standard InChI is InChI=1S/C32H25F4N5O2/c1-2-22-9-13-27(14-10-22)43-19-25-7-4-23(5-8-25)3-6-24-11-16-30(37-18-24)32(35,36)31(42,20-41-21-38-39-40-41)28-15-12-26(33)17-29(28)34/h4-5,7-18,21,42H,2,19-20H2,1H3. The molecule has 2 aromatic heterocycles. The van der Waals surface area contributed by atoms with E-state index in [4.69, 9.17) is 4.74 Å². The molecule has 0 fully saturated rings. The van der Waals surface area contributed by atoms with Crippen molar-refractivity contribution < 1.29 is 27.4 Å². The number of aliphatic hydroxyl groups is 1. The maximum Gasteiger partial charge on any atom is 0.323 e. The molecule has 5 aromatic rings. The monoisotopic (exact) mass is 587 g/mol. The van der Waals surface area contributed by atoms with Gasteiger partial charge in [-0.25, -0.2) is 13.5 Å². The summed E-state index contributed by atoms with van der Waals surface area (Å²) in [5.74, 6) is 0.0932. The highest BCUT2D eigenvalue weighted by atomic mass is 19.3. The van der Waals surface area contributed by atoms with Gasteiger partial charge in [-0.1, -0.05) is 43.0 Å². The number of hydrogen-bond donors (Lipinski definition) is 1. The molecule has 11 heteroatoms. The summed E-state index contributed by atoms with van der Waals surface area (Å²) in [4.78, 5) is 3.82. The minimum absolute atomic E-state index is 0.333. The predicted molar refractivity (Wildman–Crippen MR) is 149 cm³/mol. The zero-order valence-electron chi connectivity index (χ0n) is 22.9. The van der Waals surface area contributed by atoms with Gasteiger partial charge in [0.05, 0.1) is 6.54 Å². The fourth-order valence-electron chi connectivity index (χ4n) is 4.35. The number of aromatic nitrogens is 5. The number of tetrazole rings is 1. The highest BCUT2D eigenvalue weighted by Crippen LogP contribution is 2.46. The van der Waals surface area contributed by atoms with Gasteiger partial charge in [-0.3, -0.25) is 4.98 Å². The Hall–Kier alpha value is -5.08. The first-order valence-corrected chi connectivity index (χ1v) is 13.2. The second kappa shape index (κ2) is 12.4. The molecule has 0 aliphatic carbocycles. The van der Waals surface area contributed by atoms with Crippen molar-refractivity contribution in [1.29, 1.82) is 0 Å². The van der Waals surface area contributed by atoms with E-state index < -0.39 is 41.0 Å².